The van der Waals surface area contributed by atoms with Crippen molar-refractivity contribution < 1.29 is 24.2 Å². The number of nitrogens with zero attached hydrogens (tertiary/aromatic N) is 1. The van der Waals surface area contributed by atoms with E-state index in [2.05, 4.69) is 10.6 Å². The molecule has 3 N–H and O–H groups in total. The Bertz CT molecular complexity index is 411. The van der Waals surface area contributed by atoms with Gasteiger partial charge in [0.1, 0.15) is 6.04 Å². The van der Waals surface area contributed by atoms with E-state index in [1.807, 2.05) is 20.8 Å². The molecule has 0 bridgehead atoms. The predicted octanol–water partition coefficient (Wildman–Crippen LogP) is -0.214. The van der Waals surface area contributed by atoms with E-state index in [0.29, 0.717) is 13.2 Å². The maximum Gasteiger partial charge on any atom is 0.318 e. The van der Waals surface area contributed by atoms with Gasteiger partial charge in [-0.25, -0.2) is 4.79 Å². The Morgan fingerprint density at radius 3 is 2.76 bits per heavy atom. The average Bonchev–Trinajstić information content (AvgIpc) is 2.38. The number of carbonyl (C=O) groups excluding carboxylic acids is 2. The Kier molecular flexibility index (Phi) is 5.95. The third-order valence-electron chi connectivity index (χ3n) is 3.16. The molecule has 1 fully saturated rings. The lowest BCUT2D eigenvalue weighted by Gasteiger charge is -2.35. The topological polar surface area (TPSA) is 108 Å². The number of carboxylic acid groups (broad SMARTS) is 1. The van der Waals surface area contributed by atoms with Gasteiger partial charge < -0.3 is 25.4 Å². The highest BCUT2D eigenvalue weighted by atomic mass is 16.5. The summed E-state index contributed by atoms with van der Waals surface area (Å²) < 4.78 is 5.47. The minimum absolute atomic E-state index is 0.275. The Morgan fingerprint density at radius 1 is 1.52 bits per heavy atom. The highest BCUT2D eigenvalue weighted by Gasteiger charge is 2.35. The number of amides is 3. The molecule has 1 unspecified atom stereocenters. The number of carboxylic acids is 1. The van der Waals surface area contributed by atoms with Crippen molar-refractivity contribution >= 4 is 17.9 Å². The first-order valence-electron chi connectivity index (χ1n) is 6.95. The van der Waals surface area contributed by atoms with Gasteiger partial charge in [0.15, 0.2) is 0 Å². The molecule has 0 aromatic heterocycles. The predicted molar refractivity (Wildman–Crippen MR) is 74.9 cm³/mol. The number of hydrogen-bond acceptors (Lipinski definition) is 4. The second-order valence-corrected chi connectivity index (χ2v) is 5.45. The van der Waals surface area contributed by atoms with Crippen LogP contribution in [-0.2, 0) is 14.3 Å². The number of rotatable bonds is 6. The van der Waals surface area contributed by atoms with Crippen LogP contribution in [0.4, 0.5) is 4.79 Å². The first-order chi connectivity index (χ1) is 9.76. The third kappa shape index (κ3) is 5.22. The van der Waals surface area contributed by atoms with E-state index in [-0.39, 0.29) is 13.1 Å². The molecule has 1 rings (SSSR count). The Morgan fingerprint density at radius 2 is 2.19 bits per heavy atom. The normalized spacial score (nSPS) is 19.1. The van der Waals surface area contributed by atoms with Crippen molar-refractivity contribution in [2.75, 3.05) is 26.2 Å². The number of carbonyl (C=O) groups is 3. The third-order valence-corrected chi connectivity index (χ3v) is 3.16. The molecule has 1 saturated heterocycles. The maximum atomic E-state index is 12.2. The molecule has 0 aromatic rings. The van der Waals surface area contributed by atoms with Crippen LogP contribution in [0, 0.1) is 0 Å². The summed E-state index contributed by atoms with van der Waals surface area (Å²) in [5, 5.41) is 14.1. The Hall–Kier alpha value is -1.83. The van der Waals surface area contributed by atoms with Crippen LogP contribution in [0.25, 0.3) is 0 Å². The zero-order chi connectivity index (χ0) is 16.0. The second-order valence-electron chi connectivity index (χ2n) is 5.45. The average molecular weight is 301 g/mol. The summed E-state index contributed by atoms with van der Waals surface area (Å²) in [7, 11) is 0. The lowest BCUT2D eigenvalue weighted by atomic mass is 10.1. The molecule has 0 aromatic carbocycles. The molecule has 1 heterocycles. The summed E-state index contributed by atoms with van der Waals surface area (Å²) in [5.41, 5.74) is -0.523. The van der Waals surface area contributed by atoms with Crippen molar-refractivity contribution in [3.63, 3.8) is 0 Å². The highest BCUT2D eigenvalue weighted by molar-refractivity contribution is 5.91. The highest BCUT2D eigenvalue weighted by Crippen LogP contribution is 2.11. The van der Waals surface area contributed by atoms with Gasteiger partial charge in [-0.05, 0) is 20.8 Å². The molecular weight excluding hydrogens is 278 g/mol. The van der Waals surface area contributed by atoms with E-state index in [1.165, 1.54) is 4.90 Å². The zero-order valence-corrected chi connectivity index (χ0v) is 12.6. The molecule has 0 spiro atoms. The van der Waals surface area contributed by atoms with Gasteiger partial charge in [0.05, 0.1) is 12.0 Å². The molecule has 0 aliphatic carbocycles. The van der Waals surface area contributed by atoms with Crippen molar-refractivity contribution in [1.82, 2.24) is 15.5 Å². The van der Waals surface area contributed by atoms with Crippen LogP contribution in [0.5, 0.6) is 0 Å². The van der Waals surface area contributed by atoms with E-state index >= 15 is 0 Å². The number of urea groups is 1. The van der Waals surface area contributed by atoms with Crippen LogP contribution in [0.2, 0.25) is 0 Å². The van der Waals surface area contributed by atoms with E-state index in [4.69, 9.17) is 9.84 Å². The van der Waals surface area contributed by atoms with Crippen LogP contribution >= 0.6 is 0 Å². The lowest BCUT2D eigenvalue weighted by molar-refractivity contribution is -0.142. The number of piperazine rings is 1. The van der Waals surface area contributed by atoms with Crippen molar-refractivity contribution in [1.29, 1.82) is 0 Å². The van der Waals surface area contributed by atoms with Gasteiger partial charge in [0, 0.05) is 26.2 Å². The molecule has 0 radical (unpaired) electrons. The molecule has 21 heavy (non-hydrogen) atoms. The summed E-state index contributed by atoms with van der Waals surface area (Å²) in [6.07, 6.45) is -0.409. The SMILES string of the molecule is CCOC(C)(C)CNC(=O)N1CCNC(=O)C1CC(=O)O. The van der Waals surface area contributed by atoms with Gasteiger partial charge in [-0.3, -0.25) is 9.59 Å². The monoisotopic (exact) mass is 301 g/mol. The molecule has 8 nitrogen and oxygen atoms in total. The first kappa shape index (κ1) is 17.2. The van der Waals surface area contributed by atoms with Crippen LogP contribution in [0.1, 0.15) is 27.2 Å². The number of nitrogens with one attached hydrogen (secondary N) is 2. The minimum Gasteiger partial charge on any atom is -0.481 e. The van der Waals surface area contributed by atoms with E-state index in [1.54, 1.807) is 0 Å². The van der Waals surface area contributed by atoms with Gasteiger partial charge in [-0.2, -0.15) is 0 Å². The van der Waals surface area contributed by atoms with Crippen molar-refractivity contribution in [2.45, 2.75) is 38.8 Å². The van der Waals surface area contributed by atoms with Crippen LogP contribution in [0.15, 0.2) is 0 Å². The van der Waals surface area contributed by atoms with Crippen LogP contribution < -0.4 is 10.6 Å². The summed E-state index contributed by atoms with van der Waals surface area (Å²) in [5.74, 6) is -1.56. The smallest absolute Gasteiger partial charge is 0.318 e. The molecule has 3 amide bonds. The fraction of sp³-hybridized carbons (Fsp3) is 0.769. The Labute approximate surface area is 123 Å². The zero-order valence-electron chi connectivity index (χ0n) is 12.6. The number of hydrogen-bond donors (Lipinski definition) is 3. The van der Waals surface area contributed by atoms with Crippen LogP contribution in [-0.4, -0.2) is 65.8 Å². The van der Waals surface area contributed by atoms with Gasteiger partial charge in [-0.15, -0.1) is 0 Å². The maximum absolute atomic E-state index is 12.2. The van der Waals surface area contributed by atoms with Gasteiger partial charge >= 0.3 is 12.0 Å². The lowest BCUT2D eigenvalue weighted by Crippen LogP contribution is -2.60. The van der Waals surface area contributed by atoms with E-state index in [9.17, 15) is 14.4 Å². The van der Waals surface area contributed by atoms with Gasteiger partial charge in [0.2, 0.25) is 5.91 Å². The molecule has 1 aliphatic rings. The molecule has 0 saturated carbocycles. The fourth-order valence-corrected chi connectivity index (χ4v) is 2.16. The summed E-state index contributed by atoms with van der Waals surface area (Å²) in [6.45, 7) is 6.94. The summed E-state index contributed by atoms with van der Waals surface area (Å²) >= 11 is 0. The van der Waals surface area contributed by atoms with Crippen molar-refractivity contribution in [3.8, 4) is 0 Å². The largest absolute Gasteiger partial charge is 0.481 e. The Balaban J connectivity index is 2.65. The number of aliphatic carboxylic acids is 1. The van der Waals surface area contributed by atoms with Gasteiger partial charge in [-0.1, -0.05) is 0 Å². The summed E-state index contributed by atoms with van der Waals surface area (Å²) in [4.78, 5) is 36.0. The second kappa shape index (κ2) is 7.26. The molecular formula is C13H23N3O5. The molecule has 120 valence electrons. The fourth-order valence-electron chi connectivity index (χ4n) is 2.16. The minimum atomic E-state index is -1.12. The standard InChI is InChI=1S/C13H23N3O5/c1-4-21-13(2,3)8-15-12(20)16-6-5-14-11(19)9(16)7-10(17)18/h9H,4-8H2,1-3H3,(H,14,19)(H,15,20)(H,17,18). The van der Waals surface area contributed by atoms with Gasteiger partial charge in [0.25, 0.3) is 0 Å². The first-order valence-corrected chi connectivity index (χ1v) is 6.95. The summed E-state index contributed by atoms with van der Waals surface area (Å²) in [6, 6.07) is -1.43. The molecule has 1 aliphatic heterocycles. The van der Waals surface area contributed by atoms with Crippen molar-refractivity contribution in [3.05, 3.63) is 0 Å². The quantitative estimate of drug-likeness (QED) is 0.629. The van der Waals surface area contributed by atoms with Crippen LogP contribution in [0.3, 0.4) is 0 Å². The molecule has 8 heteroatoms. The number of ether oxygens (including phenoxy) is 1. The van der Waals surface area contributed by atoms with Crippen molar-refractivity contribution in [2.24, 2.45) is 0 Å². The van der Waals surface area contributed by atoms with E-state index < -0.39 is 36.0 Å². The van der Waals surface area contributed by atoms with E-state index in [0.717, 1.165) is 0 Å². The molecule has 1 atom stereocenters.